The van der Waals surface area contributed by atoms with Crippen LogP contribution in [0.4, 0.5) is 0 Å². The molecule has 1 atom stereocenters. The van der Waals surface area contributed by atoms with Crippen molar-refractivity contribution in [3.05, 3.63) is 48.0 Å². The molecule has 0 aliphatic carbocycles. The van der Waals surface area contributed by atoms with Gasteiger partial charge in [-0.2, -0.15) is 0 Å². The minimum Gasteiger partial charge on any atom is -0.354 e. The Hall–Kier alpha value is -2.40. The van der Waals surface area contributed by atoms with Crippen molar-refractivity contribution in [1.29, 1.82) is 0 Å². The van der Waals surface area contributed by atoms with E-state index in [0.717, 1.165) is 10.9 Å². The molecule has 1 aliphatic heterocycles. The van der Waals surface area contributed by atoms with Crippen LogP contribution >= 0.6 is 0 Å². The number of hydrogen-bond acceptors (Lipinski definition) is 3. The SMILES string of the molecule is C[C@@H](NC(=O)CN1CCNC(=O)C1)c1cccc2ccccc12. The number of benzene rings is 2. The molecule has 0 bridgehead atoms. The van der Waals surface area contributed by atoms with Crippen molar-refractivity contribution in [3.63, 3.8) is 0 Å². The normalized spacial score (nSPS) is 16.8. The molecule has 2 amide bonds. The smallest absolute Gasteiger partial charge is 0.234 e. The maximum absolute atomic E-state index is 12.3. The van der Waals surface area contributed by atoms with Gasteiger partial charge < -0.3 is 10.6 Å². The fourth-order valence-corrected chi connectivity index (χ4v) is 3.02. The topological polar surface area (TPSA) is 61.4 Å². The van der Waals surface area contributed by atoms with Crippen molar-refractivity contribution in [3.8, 4) is 0 Å². The second kappa shape index (κ2) is 6.79. The molecule has 120 valence electrons. The number of nitrogens with one attached hydrogen (secondary N) is 2. The third kappa shape index (κ3) is 3.68. The number of fused-ring (bicyclic) bond motifs is 1. The summed E-state index contributed by atoms with van der Waals surface area (Å²) in [4.78, 5) is 25.5. The summed E-state index contributed by atoms with van der Waals surface area (Å²) in [5.74, 6) is -0.0775. The third-order valence-corrected chi connectivity index (χ3v) is 4.15. The second-order valence-electron chi connectivity index (χ2n) is 5.92. The van der Waals surface area contributed by atoms with Crippen molar-refractivity contribution < 1.29 is 9.59 Å². The molecule has 2 aromatic rings. The second-order valence-corrected chi connectivity index (χ2v) is 5.92. The highest BCUT2D eigenvalue weighted by Crippen LogP contribution is 2.23. The van der Waals surface area contributed by atoms with E-state index in [1.165, 1.54) is 5.39 Å². The average molecular weight is 311 g/mol. The molecular formula is C18H21N3O2. The Balaban J connectivity index is 1.67. The molecule has 5 heteroatoms. The summed E-state index contributed by atoms with van der Waals surface area (Å²) in [6.45, 7) is 3.84. The van der Waals surface area contributed by atoms with Gasteiger partial charge in [-0.1, -0.05) is 42.5 Å². The third-order valence-electron chi connectivity index (χ3n) is 4.15. The molecule has 0 radical (unpaired) electrons. The van der Waals surface area contributed by atoms with Gasteiger partial charge in [0.05, 0.1) is 19.1 Å². The van der Waals surface area contributed by atoms with Crippen LogP contribution in [-0.4, -0.2) is 42.9 Å². The predicted octanol–water partition coefficient (Wildman–Crippen LogP) is 1.45. The summed E-state index contributed by atoms with van der Waals surface area (Å²) in [5.41, 5.74) is 1.10. The minimum absolute atomic E-state index is 0.0221. The Bertz CT molecular complexity index is 724. The zero-order valence-corrected chi connectivity index (χ0v) is 13.2. The van der Waals surface area contributed by atoms with Gasteiger partial charge in [-0.05, 0) is 23.3 Å². The van der Waals surface area contributed by atoms with E-state index >= 15 is 0 Å². The van der Waals surface area contributed by atoms with E-state index in [-0.39, 0.29) is 30.9 Å². The van der Waals surface area contributed by atoms with E-state index in [1.54, 1.807) is 0 Å². The van der Waals surface area contributed by atoms with E-state index in [9.17, 15) is 9.59 Å². The Morgan fingerprint density at radius 1 is 1.26 bits per heavy atom. The molecule has 1 aliphatic rings. The Labute approximate surface area is 135 Å². The monoisotopic (exact) mass is 311 g/mol. The quantitative estimate of drug-likeness (QED) is 0.898. The summed E-state index contributed by atoms with van der Waals surface area (Å²) in [6, 6.07) is 14.2. The summed E-state index contributed by atoms with van der Waals surface area (Å²) in [7, 11) is 0. The zero-order valence-electron chi connectivity index (χ0n) is 13.2. The van der Waals surface area contributed by atoms with E-state index in [0.29, 0.717) is 13.1 Å². The predicted molar refractivity (Wildman–Crippen MR) is 90.0 cm³/mol. The first kappa shape index (κ1) is 15.5. The summed E-state index contributed by atoms with van der Waals surface area (Å²) in [6.07, 6.45) is 0. The van der Waals surface area contributed by atoms with Crippen LogP contribution in [0, 0.1) is 0 Å². The van der Waals surface area contributed by atoms with E-state index in [1.807, 2.05) is 36.1 Å². The van der Waals surface area contributed by atoms with Gasteiger partial charge in [0, 0.05) is 13.1 Å². The molecule has 3 rings (SSSR count). The van der Waals surface area contributed by atoms with Crippen LogP contribution < -0.4 is 10.6 Å². The van der Waals surface area contributed by atoms with Gasteiger partial charge in [-0.3, -0.25) is 14.5 Å². The lowest BCUT2D eigenvalue weighted by Crippen LogP contribution is -2.50. The summed E-state index contributed by atoms with van der Waals surface area (Å²) in [5, 5.41) is 8.12. The molecule has 0 unspecified atom stereocenters. The first-order valence-electron chi connectivity index (χ1n) is 7.89. The zero-order chi connectivity index (χ0) is 16.2. The van der Waals surface area contributed by atoms with Crippen LogP contribution in [-0.2, 0) is 9.59 Å². The van der Waals surface area contributed by atoms with Crippen molar-refractivity contribution in [1.82, 2.24) is 15.5 Å². The average Bonchev–Trinajstić information content (AvgIpc) is 2.54. The van der Waals surface area contributed by atoms with Gasteiger partial charge in [0.15, 0.2) is 0 Å². The maximum atomic E-state index is 12.3. The lowest BCUT2D eigenvalue weighted by atomic mass is 10.00. The Morgan fingerprint density at radius 3 is 2.87 bits per heavy atom. The molecule has 2 aromatic carbocycles. The van der Waals surface area contributed by atoms with Gasteiger partial charge >= 0.3 is 0 Å². The number of nitrogens with zero attached hydrogens (tertiary/aromatic N) is 1. The van der Waals surface area contributed by atoms with Crippen LogP contribution in [0.15, 0.2) is 42.5 Å². The van der Waals surface area contributed by atoms with E-state index in [4.69, 9.17) is 0 Å². The highest BCUT2D eigenvalue weighted by atomic mass is 16.2. The molecule has 1 heterocycles. The molecule has 1 fully saturated rings. The van der Waals surface area contributed by atoms with Gasteiger partial charge in [-0.25, -0.2) is 0 Å². The van der Waals surface area contributed by atoms with Crippen molar-refractivity contribution in [2.45, 2.75) is 13.0 Å². The molecule has 0 aromatic heterocycles. The van der Waals surface area contributed by atoms with Crippen LogP contribution in [0.2, 0.25) is 0 Å². The van der Waals surface area contributed by atoms with E-state index in [2.05, 4.69) is 28.8 Å². The minimum atomic E-state index is -0.0767. The summed E-state index contributed by atoms with van der Waals surface area (Å²) < 4.78 is 0. The number of carbonyl (C=O) groups excluding carboxylic acids is 2. The Morgan fingerprint density at radius 2 is 2.04 bits per heavy atom. The number of hydrogen-bond donors (Lipinski definition) is 2. The highest BCUT2D eigenvalue weighted by Gasteiger charge is 2.20. The van der Waals surface area contributed by atoms with Crippen molar-refractivity contribution in [2.75, 3.05) is 26.2 Å². The fourth-order valence-electron chi connectivity index (χ4n) is 3.02. The molecule has 0 saturated carbocycles. The molecule has 2 N–H and O–H groups in total. The molecular weight excluding hydrogens is 290 g/mol. The number of rotatable bonds is 4. The summed E-state index contributed by atoms with van der Waals surface area (Å²) >= 11 is 0. The largest absolute Gasteiger partial charge is 0.354 e. The van der Waals surface area contributed by atoms with Crippen LogP contribution in [0.5, 0.6) is 0 Å². The van der Waals surface area contributed by atoms with Crippen LogP contribution in [0.25, 0.3) is 10.8 Å². The lowest BCUT2D eigenvalue weighted by molar-refractivity contribution is -0.127. The molecule has 1 saturated heterocycles. The number of carbonyl (C=O) groups is 2. The van der Waals surface area contributed by atoms with Crippen LogP contribution in [0.3, 0.4) is 0 Å². The first-order valence-corrected chi connectivity index (χ1v) is 7.89. The van der Waals surface area contributed by atoms with Gasteiger partial charge in [0.1, 0.15) is 0 Å². The van der Waals surface area contributed by atoms with Gasteiger partial charge in [0.25, 0.3) is 0 Å². The van der Waals surface area contributed by atoms with Gasteiger partial charge in [0.2, 0.25) is 11.8 Å². The molecule has 5 nitrogen and oxygen atoms in total. The Kier molecular flexibility index (Phi) is 4.57. The maximum Gasteiger partial charge on any atom is 0.234 e. The lowest BCUT2D eigenvalue weighted by Gasteiger charge is -2.26. The highest BCUT2D eigenvalue weighted by molar-refractivity contribution is 5.87. The standard InChI is InChI=1S/C18H21N3O2/c1-13(15-8-4-6-14-5-2-3-7-16(14)15)20-18(23)12-21-10-9-19-17(22)11-21/h2-8,13H,9-12H2,1H3,(H,19,22)(H,20,23)/t13-/m1/s1. The number of amides is 2. The molecule has 23 heavy (non-hydrogen) atoms. The molecule has 0 spiro atoms. The first-order chi connectivity index (χ1) is 11.1. The van der Waals surface area contributed by atoms with Crippen molar-refractivity contribution in [2.24, 2.45) is 0 Å². The van der Waals surface area contributed by atoms with E-state index < -0.39 is 0 Å². The fraction of sp³-hybridized carbons (Fsp3) is 0.333. The van der Waals surface area contributed by atoms with Gasteiger partial charge in [-0.15, -0.1) is 0 Å². The number of piperazine rings is 1. The van der Waals surface area contributed by atoms with Crippen LogP contribution in [0.1, 0.15) is 18.5 Å². The van der Waals surface area contributed by atoms with Crippen molar-refractivity contribution >= 4 is 22.6 Å².